The van der Waals surface area contributed by atoms with Crippen molar-refractivity contribution in [3.63, 3.8) is 0 Å². The van der Waals surface area contributed by atoms with Gasteiger partial charge in [0.1, 0.15) is 6.73 Å². The van der Waals surface area contributed by atoms with Crippen LogP contribution in [0.15, 0.2) is 60.7 Å². The number of ether oxygens (including phenoxy) is 1. The molecule has 3 rings (SSSR count). The molecule has 5 heteroatoms. The fraction of sp³-hybridized carbons (Fsp3) is 0.250. The van der Waals surface area contributed by atoms with E-state index < -0.39 is 10.0 Å². The summed E-state index contributed by atoms with van der Waals surface area (Å²) in [7, 11) is -3.35. The molecule has 1 aliphatic rings. The summed E-state index contributed by atoms with van der Waals surface area (Å²) < 4.78 is 31.9. The molecule has 0 aromatic heterocycles. The zero-order valence-corrected chi connectivity index (χ0v) is 12.4. The van der Waals surface area contributed by atoms with Crippen LogP contribution < -0.4 is 0 Å². The molecule has 0 amide bonds. The molecule has 1 saturated heterocycles. The number of sulfonamides is 1. The number of rotatable bonds is 4. The molecule has 0 spiro atoms. The molecule has 0 radical (unpaired) electrons. The van der Waals surface area contributed by atoms with Gasteiger partial charge in [-0.3, -0.25) is 0 Å². The van der Waals surface area contributed by atoms with Crippen LogP contribution in [-0.2, 0) is 20.5 Å². The number of benzene rings is 2. The van der Waals surface area contributed by atoms with Crippen LogP contribution in [-0.4, -0.2) is 26.0 Å². The van der Waals surface area contributed by atoms with E-state index in [9.17, 15) is 8.42 Å². The summed E-state index contributed by atoms with van der Waals surface area (Å²) in [5.74, 6) is 0.0126. The predicted molar refractivity (Wildman–Crippen MR) is 80.9 cm³/mol. The minimum atomic E-state index is -3.35. The predicted octanol–water partition coefficient (Wildman–Crippen LogP) is 2.55. The molecule has 21 heavy (non-hydrogen) atoms. The van der Waals surface area contributed by atoms with Gasteiger partial charge in [-0.2, -0.15) is 4.31 Å². The maximum atomic E-state index is 12.4. The van der Waals surface area contributed by atoms with Crippen molar-refractivity contribution in [2.45, 2.75) is 11.9 Å². The van der Waals surface area contributed by atoms with E-state index in [0.717, 1.165) is 11.1 Å². The van der Waals surface area contributed by atoms with E-state index in [1.807, 2.05) is 60.7 Å². The lowest BCUT2D eigenvalue weighted by molar-refractivity contribution is 0.104. The van der Waals surface area contributed by atoms with Crippen LogP contribution in [0.3, 0.4) is 0 Å². The third-order valence-electron chi connectivity index (χ3n) is 3.55. The summed E-state index contributed by atoms with van der Waals surface area (Å²) in [5.41, 5.74) is 1.80. The smallest absolute Gasteiger partial charge is 0.220 e. The van der Waals surface area contributed by atoms with E-state index >= 15 is 0 Å². The molecular weight excluding hydrogens is 286 g/mol. The first-order chi connectivity index (χ1) is 10.1. The van der Waals surface area contributed by atoms with Gasteiger partial charge in [-0.05, 0) is 11.1 Å². The second kappa shape index (κ2) is 5.97. The summed E-state index contributed by atoms with van der Waals surface area (Å²) in [6.07, 6.45) is -0.184. The first kappa shape index (κ1) is 14.3. The minimum Gasteiger partial charge on any atom is -0.356 e. The highest BCUT2D eigenvalue weighted by Gasteiger charge is 2.32. The zero-order valence-electron chi connectivity index (χ0n) is 11.6. The van der Waals surface area contributed by atoms with Gasteiger partial charge in [-0.25, -0.2) is 8.42 Å². The van der Waals surface area contributed by atoms with E-state index in [1.165, 1.54) is 4.31 Å². The van der Waals surface area contributed by atoms with Crippen LogP contribution in [0.4, 0.5) is 0 Å². The largest absolute Gasteiger partial charge is 0.356 e. The molecule has 1 heterocycles. The van der Waals surface area contributed by atoms with Gasteiger partial charge in [0.05, 0.1) is 11.9 Å². The molecule has 1 unspecified atom stereocenters. The highest BCUT2D eigenvalue weighted by atomic mass is 32.2. The Morgan fingerprint density at radius 2 is 1.62 bits per heavy atom. The Labute approximate surface area is 125 Å². The number of hydrogen-bond acceptors (Lipinski definition) is 3. The highest BCUT2D eigenvalue weighted by Crippen LogP contribution is 2.27. The molecular formula is C16H17NO3S. The summed E-state index contributed by atoms with van der Waals surface area (Å²) in [4.78, 5) is 0. The molecule has 110 valence electrons. The standard InChI is InChI=1S/C16H17NO3S/c18-21(19,12-14-7-3-1-4-8-14)17-11-16(20-13-17)15-9-5-2-6-10-15/h1-10,16H,11-13H2. The Bertz CT molecular complexity index is 686. The maximum Gasteiger partial charge on any atom is 0.220 e. The average molecular weight is 303 g/mol. The SMILES string of the molecule is O=S(=O)(Cc1ccccc1)N1COC(c2ccccc2)C1. The molecule has 0 saturated carbocycles. The summed E-state index contributed by atoms with van der Waals surface area (Å²) in [6, 6.07) is 18.9. The highest BCUT2D eigenvalue weighted by molar-refractivity contribution is 7.88. The molecule has 0 N–H and O–H groups in total. The first-order valence-electron chi connectivity index (χ1n) is 6.83. The molecule has 0 aliphatic carbocycles. The molecule has 1 fully saturated rings. The van der Waals surface area contributed by atoms with Crippen molar-refractivity contribution in [3.05, 3.63) is 71.8 Å². The second-order valence-corrected chi connectivity index (χ2v) is 7.04. The lowest BCUT2D eigenvalue weighted by Gasteiger charge is -2.14. The zero-order chi connectivity index (χ0) is 14.7. The topological polar surface area (TPSA) is 46.6 Å². The first-order valence-corrected chi connectivity index (χ1v) is 8.44. The summed E-state index contributed by atoms with van der Waals surface area (Å²) in [5, 5.41) is 0. The number of nitrogens with zero attached hydrogens (tertiary/aromatic N) is 1. The van der Waals surface area contributed by atoms with Crippen molar-refractivity contribution < 1.29 is 13.2 Å². The van der Waals surface area contributed by atoms with Gasteiger partial charge in [-0.1, -0.05) is 60.7 Å². The molecule has 4 nitrogen and oxygen atoms in total. The lowest BCUT2D eigenvalue weighted by atomic mass is 10.1. The number of hydrogen-bond donors (Lipinski definition) is 0. The third kappa shape index (κ3) is 3.32. The van der Waals surface area contributed by atoms with Crippen molar-refractivity contribution in [1.29, 1.82) is 0 Å². The van der Waals surface area contributed by atoms with Crippen LogP contribution in [0.1, 0.15) is 17.2 Å². The van der Waals surface area contributed by atoms with E-state index in [2.05, 4.69) is 0 Å². The Hall–Kier alpha value is -1.69. The molecule has 1 aliphatic heterocycles. The van der Waals surface area contributed by atoms with Gasteiger partial charge in [-0.15, -0.1) is 0 Å². The van der Waals surface area contributed by atoms with Crippen LogP contribution in [0.2, 0.25) is 0 Å². The fourth-order valence-electron chi connectivity index (χ4n) is 2.40. The van der Waals surface area contributed by atoms with Crippen LogP contribution >= 0.6 is 0 Å². The van der Waals surface area contributed by atoms with Gasteiger partial charge in [0.2, 0.25) is 10.0 Å². The Morgan fingerprint density at radius 3 is 2.29 bits per heavy atom. The average Bonchev–Trinajstić information content (AvgIpc) is 2.99. The van der Waals surface area contributed by atoms with Crippen molar-refractivity contribution in [3.8, 4) is 0 Å². The minimum absolute atomic E-state index is 0.0126. The van der Waals surface area contributed by atoms with Crippen LogP contribution in [0.25, 0.3) is 0 Å². The van der Waals surface area contributed by atoms with Crippen LogP contribution in [0, 0.1) is 0 Å². The van der Waals surface area contributed by atoms with Crippen molar-refractivity contribution in [1.82, 2.24) is 4.31 Å². The van der Waals surface area contributed by atoms with Gasteiger partial charge in [0, 0.05) is 6.54 Å². The van der Waals surface area contributed by atoms with Gasteiger partial charge in [0.25, 0.3) is 0 Å². The monoisotopic (exact) mass is 303 g/mol. The Kier molecular flexibility index (Phi) is 4.05. The third-order valence-corrected chi connectivity index (χ3v) is 5.29. The summed E-state index contributed by atoms with van der Waals surface area (Å²) in [6.45, 7) is 0.494. The normalized spacial score (nSPS) is 19.7. The van der Waals surface area contributed by atoms with Crippen molar-refractivity contribution in [2.24, 2.45) is 0 Å². The molecule has 2 aromatic carbocycles. The van der Waals surface area contributed by atoms with E-state index in [4.69, 9.17) is 4.74 Å². The lowest BCUT2D eigenvalue weighted by Crippen LogP contribution is -2.29. The second-order valence-electron chi connectivity index (χ2n) is 5.07. The Morgan fingerprint density at radius 1 is 1.00 bits per heavy atom. The Balaban J connectivity index is 1.71. The van der Waals surface area contributed by atoms with Crippen LogP contribution in [0.5, 0.6) is 0 Å². The molecule has 1 atom stereocenters. The van der Waals surface area contributed by atoms with Gasteiger partial charge >= 0.3 is 0 Å². The van der Waals surface area contributed by atoms with E-state index in [-0.39, 0.29) is 18.6 Å². The van der Waals surface area contributed by atoms with Crippen molar-refractivity contribution in [2.75, 3.05) is 13.3 Å². The molecule has 2 aromatic rings. The fourth-order valence-corrected chi connectivity index (χ4v) is 3.78. The summed E-state index contributed by atoms with van der Waals surface area (Å²) >= 11 is 0. The maximum absolute atomic E-state index is 12.4. The quantitative estimate of drug-likeness (QED) is 0.872. The van der Waals surface area contributed by atoms with Gasteiger partial charge in [0.15, 0.2) is 0 Å². The molecule has 0 bridgehead atoms. The van der Waals surface area contributed by atoms with Gasteiger partial charge < -0.3 is 4.74 Å². The van der Waals surface area contributed by atoms with E-state index in [0.29, 0.717) is 6.54 Å². The van der Waals surface area contributed by atoms with E-state index in [1.54, 1.807) is 0 Å². The van der Waals surface area contributed by atoms with Crippen molar-refractivity contribution >= 4 is 10.0 Å².